The van der Waals surface area contributed by atoms with Gasteiger partial charge in [0.15, 0.2) is 11.0 Å². The third-order valence-electron chi connectivity index (χ3n) is 4.73. The van der Waals surface area contributed by atoms with Gasteiger partial charge in [-0.25, -0.2) is 9.97 Å². The van der Waals surface area contributed by atoms with Crippen molar-refractivity contribution >= 4 is 23.1 Å². The number of hydrogen-bond acceptors (Lipinski definition) is 6. The summed E-state index contributed by atoms with van der Waals surface area (Å²) in [6.45, 7) is 6.29. The minimum absolute atomic E-state index is 0.365. The van der Waals surface area contributed by atoms with Gasteiger partial charge in [-0.1, -0.05) is 11.6 Å². The number of nitrogens with one attached hydrogen (secondary N) is 1. The number of piperidine rings is 1. The molecule has 0 amide bonds. The molecule has 1 aromatic heterocycles. The van der Waals surface area contributed by atoms with Gasteiger partial charge in [-0.05, 0) is 38.8 Å². The predicted molar refractivity (Wildman–Crippen MR) is 93.4 cm³/mol. The molecular weight excluding hydrogens is 314 g/mol. The second kappa shape index (κ2) is 8.13. The van der Waals surface area contributed by atoms with Crippen LogP contribution >= 0.6 is 11.6 Å². The summed E-state index contributed by atoms with van der Waals surface area (Å²) in [6, 6.07) is 0. The van der Waals surface area contributed by atoms with Crippen molar-refractivity contribution in [2.24, 2.45) is 0 Å². The highest BCUT2D eigenvalue weighted by molar-refractivity contribution is 6.32. The summed E-state index contributed by atoms with van der Waals surface area (Å²) in [5.41, 5.74) is 0.808. The highest BCUT2D eigenvalue weighted by atomic mass is 35.5. The summed E-state index contributed by atoms with van der Waals surface area (Å²) in [6.07, 6.45) is 6.64. The van der Waals surface area contributed by atoms with Gasteiger partial charge in [-0.3, -0.25) is 0 Å². The third-order valence-corrected chi connectivity index (χ3v) is 5.02. The van der Waals surface area contributed by atoms with E-state index in [2.05, 4.69) is 25.1 Å². The molecule has 3 rings (SSSR count). The van der Waals surface area contributed by atoms with E-state index in [1.807, 2.05) is 7.05 Å². The van der Waals surface area contributed by atoms with Gasteiger partial charge in [-0.2, -0.15) is 0 Å². The number of hydrogen-bond donors (Lipinski definition) is 1. The van der Waals surface area contributed by atoms with Gasteiger partial charge in [0, 0.05) is 26.7 Å². The SMILES string of the molecule is CNc1c(Cl)ncnc1N1CCC(OCCN2CCCC2)CC1. The van der Waals surface area contributed by atoms with Crippen LogP contribution in [0.3, 0.4) is 0 Å². The van der Waals surface area contributed by atoms with Crippen LogP contribution in [0.15, 0.2) is 6.33 Å². The first-order valence-electron chi connectivity index (χ1n) is 8.55. The molecule has 23 heavy (non-hydrogen) atoms. The van der Waals surface area contributed by atoms with Crippen molar-refractivity contribution in [1.29, 1.82) is 0 Å². The number of nitrogens with zero attached hydrogens (tertiary/aromatic N) is 4. The smallest absolute Gasteiger partial charge is 0.157 e. The van der Waals surface area contributed by atoms with Crippen LogP contribution in [-0.2, 0) is 4.74 Å². The Morgan fingerprint density at radius 2 is 1.96 bits per heavy atom. The van der Waals surface area contributed by atoms with Gasteiger partial charge in [0.25, 0.3) is 0 Å². The lowest BCUT2D eigenvalue weighted by molar-refractivity contribution is 0.0265. The lowest BCUT2D eigenvalue weighted by Crippen LogP contribution is -2.38. The highest BCUT2D eigenvalue weighted by Crippen LogP contribution is 2.30. The Balaban J connectivity index is 1.45. The second-order valence-corrected chi connectivity index (χ2v) is 6.58. The zero-order valence-electron chi connectivity index (χ0n) is 13.8. The molecule has 1 N–H and O–H groups in total. The molecule has 128 valence electrons. The molecule has 0 aliphatic carbocycles. The zero-order valence-corrected chi connectivity index (χ0v) is 14.6. The summed E-state index contributed by atoms with van der Waals surface area (Å²) in [7, 11) is 1.85. The number of halogens is 1. The average molecular weight is 340 g/mol. The van der Waals surface area contributed by atoms with Crippen molar-refractivity contribution in [2.45, 2.75) is 31.8 Å². The van der Waals surface area contributed by atoms with Crippen molar-refractivity contribution in [1.82, 2.24) is 14.9 Å². The predicted octanol–water partition coefficient (Wildman–Crippen LogP) is 2.25. The van der Waals surface area contributed by atoms with Gasteiger partial charge in [0.2, 0.25) is 0 Å². The second-order valence-electron chi connectivity index (χ2n) is 6.22. The van der Waals surface area contributed by atoms with Gasteiger partial charge >= 0.3 is 0 Å². The summed E-state index contributed by atoms with van der Waals surface area (Å²) < 4.78 is 6.07. The van der Waals surface area contributed by atoms with Gasteiger partial charge < -0.3 is 19.9 Å². The van der Waals surface area contributed by atoms with Crippen LogP contribution in [0.5, 0.6) is 0 Å². The van der Waals surface area contributed by atoms with Gasteiger partial charge in [0.1, 0.15) is 12.0 Å². The summed E-state index contributed by atoms with van der Waals surface area (Å²) >= 11 is 6.14. The maximum absolute atomic E-state index is 6.14. The molecular formula is C16H26ClN5O. The Kier molecular flexibility index (Phi) is 5.91. The Morgan fingerprint density at radius 1 is 1.22 bits per heavy atom. The van der Waals surface area contributed by atoms with E-state index in [0.29, 0.717) is 11.3 Å². The maximum Gasteiger partial charge on any atom is 0.157 e. The fourth-order valence-electron chi connectivity index (χ4n) is 3.40. The summed E-state index contributed by atoms with van der Waals surface area (Å²) in [5.74, 6) is 0.892. The van der Waals surface area contributed by atoms with Crippen LogP contribution in [0.1, 0.15) is 25.7 Å². The topological polar surface area (TPSA) is 53.5 Å². The van der Waals surface area contributed by atoms with Crippen molar-refractivity contribution in [2.75, 3.05) is 56.6 Å². The third kappa shape index (κ3) is 4.25. The van der Waals surface area contributed by atoms with Gasteiger partial charge in [0.05, 0.1) is 12.7 Å². The molecule has 2 aliphatic rings. The van der Waals surface area contributed by atoms with E-state index in [0.717, 1.165) is 50.6 Å². The van der Waals surface area contributed by atoms with Crippen LogP contribution < -0.4 is 10.2 Å². The molecule has 2 fully saturated rings. The first kappa shape index (κ1) is 16.7. The normalized spacial score (nSPS) is 20.2. The minimum atomic E-state index is 0.365. The molecule has 0 bridgehead atoms. The molecule has 7 heteroatoms. The first-order valence-corrected chi connectivity index (χ1v) is 8.93. The van der Waals surface area contributed by atoms with Crippen LogP contribution in [-0.4, -0.2) is 67.4 Å². The van der Waals surface area contributed by atoms with E-state index < -0.39 is 0 Å². The lowest BCUT2D eigenvalue weighted by atomic mass is 10.1. The number of rotatable bonds is 6. The van der Waals surface area contributed by atoms with Crippen molar-refractivity contribution < 1.29 is 4.74 Å². The summed E-state index contributed by atoms with van der Waals surface area (Å²) in [4.78, 5) is 13.2. The molecule has 6 nitrogen and oxygen atoms in total. The van der Waals surface area contributed by atoms with E-state index in [-0.39, 0.29) is 0 Å². The van der Waals surface area contributed by atoms with E-state index in [1.54, 1.807) is 0 Å². The molecule has 0 aromatic carbocycles. The molecule has 0 atom stereocenters. The molecule has 2 saturated heterocycles. The minimum Gasteiger partial charge on any atom is -0.383 e. The Bertz CT molecular complexity index is 501. The molecule has 0 radical (unpaired) electrons. The van der Waals surface area contributed by atoms with Crippen LogP contribution in [0, 0.1) is 0 Å². The number of likely N-dealkylation sites (tertiary alicyclic amines) is 1. The first-order chi connectivity index (χ1) is 11.3. The molecule has 1 aromatic rings. The lowest BCUT2D eigenvalue weighted by Gasteiger charge is -2.33. The molecule has 2 aliphatic heterocycles. The molecule has 3 heterocycles. The molecule has 0 spiro atoms. The zero-order chi connectivity index (χ0) is 16.1. The largest absolute Gasteiger partial charge is 0.383 e. The number of aromatic nitrogens is 2. The van der Waals surface area contributed by atoms with E-state index in [9.17, 15) is 0 Å². The fourth-order valence-corrected chi connectivity index (χ4v) is 3.62. The summed E-state index contributed by atoms with van der Waals surface area (Å²) in [5, 5.41) is 3.58. The van der Waals surface area contributed by atoms with Crippen molar-refractivity contribution in [3.63, 3.8) is 0 Å². The Morgan fingerprint density at radius 3 is 2.65 bits per heavy atom. The van der Waals surface area contributed by atoms with E-state index >= 15 is 0 Å². The van der Waals surface area contributed by atoms with Crippen LogP contribution in [0.25, 0.3) is 0 Å². The fraction of sp³-hybridized carbons (Fsp3) is 0.750. The molecule has 0 unspecified atom stereocenters. The van der Waals surface area contributed by atoms with E-state index in [1.165, 1.54) is 32.3 Å². The Hall–Kier alpha value is -1.11. The number of ether oxygens (including phenoxy) is 1. The monoisotopic (exact) mass is 339 g/mol. The Labute approximate surface area is 143 Å². The van der Waals surface area contributed by atoms with Crippen LogP contribution in [0.2, 0.25) is 5.15 Å². The maximum atomic E-state index is 6.14. The quantitative estimate of drug-likeness (QED) is 0.802. The van der Waals surface area contributed by atoms with Crippen molar-refractivity contribution in [3.8, 4) is 0 Å². The average Bonchev–Trinajstić information content (AvgIpc) is 3.09. The molecule has 0 saturated carbocycles. The van der Waals surface area contributed by atoms with Gasteiger partial charge in [-0.15, -0.1) is 0 Å². The van der Waals surface area contributed by atoms with E-state index in [4.69, 9.17) is 16.3 Å². The van der Waals surface area contributed by atoms with Crippen molar-refractivity contribution in [3.05, 3.63) is 11.5 Å². The number of anilines is 2. The standard InChI is InChI=1S/C16H26ClN5O/c1-18-14-15(17)19-12-20-16(14)22-8-4-13(5-9-22)23-11-10-21-6-2-3-7-21/h12-13,18H,2-11H2,1H3. The highest BCUT2D eigenvalue weighted by Gasteiger charge is 2.23. The van der Waals surface area contributed by atoms with Crippen LogP contribution in [0.4, 0.5) is 11.5 Å².